The number of hydroxylamine groups is 1. The molecule has 2 rings (SSSR count). The largest absolute Gasteiger partial charge is 0.318 e. The predicted molar refractivity (Wildman–Crippen MR) is 73.4 cm³/mol. The van der Waals surface area contributed by atoms with Crippen LogP contribution in [0.5, 0.6) is 0 Å². The molecule has 5 nitrogen and oxygen atoms in total. The summed E-state index contributed by atoms with van der Waals surface area (Å²) < 4.78 is 1.83. The van der Waals surface area contributed by atoms with Crippen LogP contribution in [-0.2, 0) is 9.63 Å². The first-order valence-electron chi connectivity index (χ1n) is 6.28. The van der Waals surface area contributed by atoms with Crippen molar-refractivity contribution in [3.8, 4) is 0 Å². The number of benzene rings is 1. The van der Waals surface area contributed by atoms with Gasteiger partial charge in [0, 0.05) is 0 Å². The molecule has 0 spiro atoms. The van der Waals surface area contributed by atoms with Crippen molar-refractivity contribution in [3.05, 3.63) is 30.6 Å². The van der Waals surface area contributed by atoms with Crippen molar-refractivity contribution in [1.29, 1.82) is 0 Å². The van der Waals surface area contributed by atoms with E-state index in [2.05, 4.69) is 10.5 Å². The van der Waals surface area contributed by atoms with Crippen LogP contribution in [0.25, 0.3) is 11.0 Å². The minimum atomic E-state index is -0.410. The Morgan fingerprint density at radius 2 is 2.05 bits per heavy atom. The predicted octanol–water partition coefficient (Wildman–Crippen LogP) is 2.44. The van der Waals surface area contributed by atoms with Crippen molar-refractivity contribution in [2.24, 2.45) is 0 Å². The van der Waals surface area contributed by atoms with Crippen molar-refractivity contribution in [2.75, 3.05) is 0 Å². The summed E-state index contributed by atoms with van der Waals surface area (Å²) in [6.07, 6.45) is 1.67. The number of carbonyl (C=O) groups is 1. The summed E-state index contributed by atoms with van der Waals surface area (Å²) in [4.78, 5) is 21.6. The first-order chi connectivity index (χ1) is 8.88. The van der Waals surface area contributed by atoms with Gasteiger partial charge in [0.15, 0.2) is 0 Å². The zero-order chi connectivity index (χ0) is 14.0. The second kappa shape index (κ2) is 5.01. The highest BCUT2D eigenvalue weighted by Gasteiger charge is 2.19. The molecule has 0 bridgehead atoms. The molecule has 1 unspecified atom stereocenters. The van der Waals surface area contributed by atoms with Crippen LogP contribution >= 0.6 is 0 Å². The summed E-state index contributed by atoms with van der Waals surface area (Å²) in [5, 5.41) is 0. The van der Waals surface area contributed by atoms with Crippen molar-refractivity contribution in [3.63, 3.8) is 0 Å². The topological polar surface area (TPSA) is 56.1 Å². The van der Waals surface area contributed by atoms with Crippen molar-refractivity contribution < 1.29 is 9.63 Å². The summed E-state index contributed by atoms with van der Waals surface area (Å²) in [6, 6.07) is 7.33. The number of para-hydroxylation sites is 2. The van der Waals surface area contributed by atoms with Gasteiger partial charge in [-0.1, -0.05) is 12.1 Å². The lowest BCUT2D eigenvalue weighted by Gasteiger charge is -2.21. The van der Waals surface area contributed by atoms with E-state index in [0.717, 1.165) is 11.0 Å². The van der Waals surface area contributed by atoms with Gasteiger partial charge in [0.1, 0.15) is 6.04 Å². The Labute approximate surface area is 112 Å². The Kier molecular flexibility index (Phi) is 3.57. The zero-order valence-electron chi connectivity index (χ0n) is 11.7. The second-order valence-corrected chi connectivity index (χ2v) is 5.50. The van der Waals surface area contributed by atoms with Crippen LogP contribution < -0.4 is 5.48 Å². The molecule has 0 fully saturated rings. The van der Waals surface area contributed by atoms with Gasteiger partial charge >= 0.3 is 0 Å². The first-order valence-corrected chi connectivity index (χ1v) is 6.28. The molecule has 1 N–H and O–H groups in total. The van der Waals surface area contributed by atoms with Crippen LogP contribution in [-0.4, -0.2) is 21.1 Å². The van der Waals surface area contributed by atoms with Crippen molar-refractivity contribution >= 4 is 16.9 Å². The third kappa shape index (κ3) is 3.12. The standard InChI is InChI=1S/C14H19N3O2/c1-10(13(18)16-19-14(2,3)4)17-9-15-11-7-5-6-8-12(11)17/h5-10H,1-4H3,(H,16,18). The Morgan fingerprint density at radius 3 is 2.74 bits per heavy atom. The van der Waals surface area contributed by atoms with Crippen molar-refractivity contribution in [2.45, 2.75) is 39.3 Å². The van der Waals surface area contributed by atoms with E-state index in [0.29, 0.717) is 0 Å². The average Bonchev–Trinajstić information content (AvgIpc) is 2.78. The first kappa shape index (κ1) is 13.5. The Morgan fingerprint density at radius 1 is 1.37 bits per heavy atom. The van der Waals surface area contributed by atoms with Gasteiger partial charge in [-0.15, -0.1) is 0 Å². The van der Waals surface area contributed by atoms with Gasteiger partial charge in [-0.3, -0.25) is 9.63 Å². The minimum absolute atomic E-state index is 0.196. The monoisotopic (exact) mass is 261 g/mol. The summed E-state index contributed by atoms with van der Waals surface area (Å²) >= 11 is 0. The van der Waals surface area contributed by atoms with Gasteiger partial charge < -0.3 is 4.57 Å². The number of nitrogens with one attached hydrogen (secondary N) is 1. The SMILES string of the molecule is CC(C(=O)NOC(C)(C)C)n1cnc2ccccc21. The highest BCUT2D eigenvalue weighted by molar-refractivity contribution is 5.82. The molecule has 1 amide bonds. The Balaban J connectivity index is 2.15. The highest BCUT2D eigenvalue weighted by atomic mass is 16.7. The molecule has 0 aliphatic rings. The van der Waals surface area contributed by atoms with E-state index >= 15 is 0 Å². The summed E-state index contributed by atoms with van der Waals surface area (Å²) in [7, 11) is 0. The molecule has 0 aliphatic heterocycles. The molecule has 1 atom stereocenters. The van der Waals surface area contributed by atoms with Crippen LogP contribution in [0.3, 0.4) is 0 Å². The molecule has 19 heavy (non-hydrogen) atoms. The number of fused-ring (bicyclic) bond motifs is 1. The van der Waals surface area contributed by atoms with Gasteiger partial charge in [-0.25, -0.2) is 10.5 Å². The van der Waals surface area contributed by atoms with Crippen LogP contribution in [0.4, 0.5) is 0 Å². The maximum absolute atomic E-state index is 12.0. The quantitative estimate of drug-likeness (QED) is 0.863. The molecule has 0 saturated carbocycles. The van der Waals surface area contributed by atoms with E-state index in [-0.39, 0.29) is 11.9 Å². The van der Waals surface area contributed by atoms with Crippen molar-refractivity contribution in [1.82, 2.24) is 15.0 Å². The smallest absolute Gasteiger partial charge is 0.266 e. The Hall–Kier alpha value is -1.88. The van der Waals surface area contributed by atoms with E-state index in [1.807, 2.05) is 56.5 Å². The van der Waals surface area contributed by atoms with Gasteiger partial charge in [0.2, 0.25) is 0 Å². The molecular weight excluding hydrogens is 242 g/mol. The maximum Gasteiger partial charge on any atom is 0.266 e. The summed E-state index contributed by atoms with van der Waals surface area (Å²) in [5.74, 6) is -0.196. The van der Waals surface area contributed by atoms with E-state index in [1.54, 1.807) is 6.33 Å². The number of rotatable bonds is 3. The lowest BCUT2D eigenvalue weighted by atomic mass is 10.2. The lowest BCUT2D eigenvalue weighted by molar-refractivity contribution is -0.148. The normalized spacial score (nSPS) is 13.5. The van der Waals surface area contributed by atoms with Crippen LogP contribution in [0.15, 0.2) is 30.6 Å². The molecule has 1 aromatic carbocycles. The van der Waals surface area contributed by atoms with Gasteiger partial charge in [0.25, 0.3) is 5.91 Å². The minimum Gasteiger partial charge on any atom is -0.318 e. The number of aromatic nitrogens is 2. The van der Waals surface area contributed by atoms with Crippen LogP contribution in [0.2, 0.25) is 0 Å². The fourth-order valence-corrected chi connectivity index (χ4v) is 1.70. The maximum atomic E-state index is 12.0. The van der Waals surface area contributed by atoms with Gasteiger partial charge in [-0.2, -0.15) is 0 Å². The molecular formula is C14H19N3O2. The second-order valence-electron chi connectivity index (χ2n) is 5.50. The van der Waals surface area contributed by atoms with E-state index < -0.39 is 5.60 Å². The van der Waals surface area contributed by atoms with E-state index in [9.17, 15) is 4.79 Å². The number of hydrogen-bond donors (Lipinski definition) is 1. The fraction of sp³-hybridized carbons (Fsp3) is 0.429. The molecule has 1 aromatic heterocycles. The fourth-order valence-electron chi connectivity index (χ4n) is 1.70. The number of carbonyl (C=O) groups excluding carboxylic acids is 1. The average molecular weight is 261 g/mol. The molecule has 102 valence electrons. The zero-order valence-corrected chi connectivity index (χ0v) is 11.7. The van der Waals surface area contributed by atoms with E-state index in [4.69, 9.17) is 4.84 Å². The highest BCUT2D eigenvalue weighted by Crippen LogP contribution is 2.17. The molecule has 2 aromatic rings. The van der Waals surface area contributed by atoms with Gasteiger partial charge in [0.05, 0.1) is 23.0 Å². The number of hydrogen-bond acceptors (Lipinski definition) is 3. The summed E-state index contributed by atoms with van der Waals surface area (Å²) in [5.41, 5.74) is 3.88. The molecule has 0 saturated heterocycles. The third-order valence-corrected chi connectivity index (χ3v) is 2.74. The molecule has 5 heteroatoms. The molecule has 0 radical (unpaired) electrons. The van der Waals surface area contributed by atoms with Crippen LogP contribution in [0, 0.1) is 0 Å². The Bertz CT molecular complexity index is 584. The number of amides is 1. The third-order valence-electron chi connectivity index (χ3n) is 2.74. The lowest BCUT2D eigenvalue weighted by Crippen LogP contribution is -2.37. The number of nitrogens with zero attached hydrogens (tertiary/aromatic N) is 2. The molecule has 0 aliphatic carbocycles. The summed E-state index contributed by atoms with van der Waals surface area (Å²) in [6.45, 7) is 7.45. The van der Waals surface area contributed by atoms with E-state index in [1.165, 1.54) is 0 Å². The van der Waals surface area contributed by atoms with Crippen LogP contribution in [0.1, 0.15) is 33.7 Å². The van der Waals surface area contributed by atoms with Gasteiger partial charge in [-0.05, 0) is 39.8 Å². The number of imidazole rings is 1. The molecule has 1 heterocycles.